The van der Waals surface area contributed by atoms with Crippen LogP contribution in [0.15, 0.2) is 23.1 Å². The standard InChI is InChI=1S/C11H13NO5S/c1-6(13)7(2)18-10-8(11(14)15)4-3-5-9(10)12(16)17/h3-7,13H,1-2H3,(H,14,15). The second-order valence-corrected chi connectivity index (χ2v) is 5.17. The van der Waals surface area contributed by atoms with Crippen LogP contribution in [-0.2, 0) is 0 Å². The lowest BCUT2D eigenvalue weighted by Crippen LogP contribution is -2.16. The monoisotopic (exact) mass is 271 g/mol. The fraction of sp³-hybridized carbons (Fsp3) is 0.364. The molecule has 2 unspecified atom stereocenters. The highest BCUT2D eigenvalue weighted by Gasteiger charge is 2.24. The minimum atomic E-state index is -1.22. The number of thioether (sulfide) groups is 1. The molecule has 0 fully saturated rings. The first kappa shape index (κ1) is 14.5. The lowest BCUT2D eigenvalue weighted by Gasteiger charge is -2.15. The molecule has 98 valence electrons. The van der Waals surface area contributed by atoms with Gasteiger partial charge in [-0.2, -0.15) is 0 Å². The van der Waals surface area contributed by atoms with Crippen molar-refractivity contribution in [3.63, 3.8) is 0 Å². The van der Waals surface area contributed by atoms with Crippen LogP contribution >= 0.6 is 11.8 Å². The summed E-state index contributed by atoms with van der Waals surface area (Å²) in [5.74, 6) is -1.22. The molecule has 18 heavy (non-hydrogen) atoms. The summed E-state index contributed by atoms with van der Waals surface area (Å²) in [6.07, 6.45) is -0.698. The van der Waals surface area contributed by atoms with Crippen LogP contribution < -0.4 is 0 Å². The van der Waals surface area contributed by atoms with E-state index < -0.39 is 17.0 Å². The maximum atomic E-state index is 11.0. The van der Waals surface area contributed by atoms with Crippen LogP contribution in [0.25, 0.3) is 0 Å². The van der Waals surface area contributed by atoms with E-state index in [-0.39, 0.29) is 21.4 Å². The second kappa shape index (κ2) is 5.83. The van der Waals surface area contributed by atoms with E-state index in [2.05, 4.69) is 0 Å². The molecule has 1 aromatic rings. The van der Waals surface area contributed by atoms with Crippen LogP contribution in [0, 0.1) is 10.1 Å². The van der Waals surface area contributed by atoms with Gasteiger partial charge < -0.3 is 10.2 Å². The van der Waals surface area contributed by atoms with Gasteiger partial charge in [0.15, 0.2) is 0 Å². The zero-order valence-corrected chi connectivity index (χ0v) is 10.7. The summed E-state index contributed by atoms with van der Waals surface area (Å²) in [4.78, 5) is 21.4. The van der Waals surface area contributed by atoms with Crippen molar-refractivity contribution < 1.29 is 19.9 Å². The molecule has 1 rings (SSSR count). The van der Waals surface area contributed by atoms with Crippen molar-refractivity contribution in [2.45, 2.75) is 30.1 Å². The summed E-state index contributed by atoms with van der Waals surface area (Å²) in [6.45, 7) is 3.23. The first-order valence-electron chi connectivity index (χ1n) is 5.20. The number of nitro benzene ring substituents is 1. The van der Waals surface area contributed by atoms with Crippen molar-refractivity contribution in [2.75, 3.05) is 0 Å². The van der Waals surface area contributed by atoms with Gasteiger partial charge in [0.1, 0.15) is 4.90 Å². The Balaban J connectivity index is 3.27. The quantitative estimate of drug-likeness (QED) is 0.483. The first-order chi connectivity index (χ1) is 8.34. The Labute approximate surface area is 108 Å². The average molecular weight is 271 g/mol. The molecule has 0 aromatic heterocycles. The maximum Gasteiger partial charge on any atom is 0.337 e. The fourth-order valence-electron chi connectivity index (χ4n) is 1.25. The second-order valence-electron chi connectivity index (χ2n) is 3.78. The molecule has 0 saturated heterocycles. The molecule has 0 radical (unpaired) electrons. The van der Waals surface area contributed by atoms with Crippen molar-refractivity contribution >= 4 is 23.4 Å². The van der Waals surface area contributed by atoms with Crippen LogP contribution in [0.4, 0.5) is 5.69 Å². The third-order valence-electron chi connectivity index (χ3n) is 2.40. The van der Waals surface area contributed by atoms with Gasteiger partial charge in [0, 0.05) is 11.3 Å². The molecule has 0 heterocycles. The molecular weight excluding hydrogens is 258 g/mol. The van der Waals surface area contributed by atoms with Gasteiger partial charge in [-0.3, -0.25) is 10.1 Å². The molecule has 6 nitrogen and oxygen atoms in total. The fourth-order valence-corrected chi connectivity index (χ4v) is 2.36. The van der Waals surface area contributed by atoms with Gasteiger partial charge in [-0.15, -0.1) is 11.8 Å². The van der Waals surface area contributed by atoms with E-state index in [1.54, 1.807) is 13.8 Å². The molecule has 1 aromatic carbocycles. The van der Waals surface area contributed by atoms with Gasteiger partial charge in [-0.25, -0.2) is 4.79 Å². The highest BCUT2D eigenvalue weighted by Crippen LogP contribution is 2.36. The van der Waals surface area contributed by atoms with Crippen LogP contribution in [0.2, 0.25) is 0 Å². The van der Waals surface area contributed by atoms with E-state index in [1.807, 2.05) is 0 Å². The van der Waals surface area contributed by atoms with Gasteiger partial charge in [-0.1, -0.05) is 13.0 Å². The molecule has 2 atom stereocenters. The molecule has 0 aliphatic rings. The largest absolute Gasteiger partial charge is 0.478 e. The van der Waals surface area contributed by atoms with Crippen molar-refractivity contribution in [1.29, 1.82) is 0 Å². The Kier molecular flexibility index (Phi) is 4.69. The van der Waals surface area contributed by atoms with Crippen LogP contribution in [-0.4, -0.2) is 32.5 Å². The summed E-state index contributed by atoms with van der Waals surface area (Å²) in [7, 11) is 0. The van der Waals surface area contributed by atoms with Crippen molar-refractivity contribution in [2.24, 2.45) is 0 Å². The van der Waals surface area contributed by atoms with Crippen LogP contribution in [0.5, 0.6) is 0 Å². The Morgan fingerprint density at radius 1 is 1.44 bits per heavy atom. The number of hydrogen-bond donors (Lipinski definition) is 2. The van der Waals surface area contributed by atoms with E-state index in [0.29, 0.717) is 0 Å². The number of carbonyl (C=O) groups is 1. The molecule has 0 bridgehead atoms. The minimum absolute atomic E-state index is 0.0726. The minimum Gasteiger partial charge on any atom is -0.478 e. The smallest absolute Gasteiger partial charge is 0.337 e. The van der Waals surface area contributed by atoms with Gasteiger partial charge in [0.25, 0.3) is 5.69 Å². The van der Waals surface area contributed by atoms with Crippen molar-refractivity contribution in [1.82, 2.24) is 0 Å². The van der Waals surface area contributed by atoms with E-state index in [1.165, 1.54) is 18.2 Å². The zero-order valence-electron chi connectivity index (χ0n) is 9.86. The zero-order chi connectivity index (χ0) is 13.9. The SMILES string of the molecule is CC(O)C(C)Sc1c(C(=O)O)cccc1[N+](=O)[O-]. The third kappa shape index (κ3) is 3.21. The number of benzene rings is 1. The van der Waals surface area contributed by atoms with E-state index in [0.717, 1.165) is 11.8 Å². The Bertz CT molecular complexity index is 442. The Morgan fingerprint density at radius 2 is 2.06 bits per heavy atom. The molecule has 0 spiro atoms. The Morgan fingerprint density at radius 3 is 2.50 bits per heavy atom. The van der Waals surface area contributed by atoms with Gasteiger partial charge in [-0.05, 0) is 13.0 Å². The molecule has 0 aliphatic heterocycles. The van der Waals surface area contributed by atoms with Crippen LogP contribution in [0.3, 0.4) is 0 Å². The molecule has 7 heteroatoms. The van der Waals surface area contributed by atoms with E-state index in [9.17, 15) is 20.0 Å². The predicted octanol–water partition coefficient (Wildman–Crippen LogP) is 2.15. The number of aromatic carboxylic acids is 1. The number of carboxylic acids is 1. The van der Waals surface area contributed by atoms with Crippen molar-refractivity contribution in [3.8, 4) is 0 Å². The average Bonchev–Trinajstić information content (AvgIpc) is 2.28. The molecule has 0 aliphatic carbocycles. The van der Waals surface area contributed by atoms with Crippen LogP contribution in [0.1, 0.15) is 24.2 Å². The van der Waals surface area contributed by atoms with E-state index >= 15 is 0 Å². The number of aliphatic hydroxyl groups is 1. The third-order valence-corrected chi connectivity index (χ3v) is 3.83. The number of carboxylic acid groups (broad SMARTS) is 1. The number of rotatable bonds is 5. The first-order valence-corrected chi connectivity index (χ1v) is 6.08. The molecule has 0 amide bonds. The van der Waals surface area contributed by atoms with E-state index in [4.69, 9.17) is 5.11 Å². The molecule has 0 saturated carbocycles. The normalized spacial score (nSPS) is 13.9. The highest BCUT2D eigenvalue weighted by molar-refractivity contribution is 8.00. The number of hydrogen-bond acceptors (Lipinski definition) is 5. The summed E-state index contributed by atoms with van der Waals surface area (Å²) < 4.78 is 0. The maximum absolute atomic E-state index is 11.0. The van der Waals surface area contributed by atoms with Crippen molar-refractivity contribution in [3.05, 3.63) is 33.9 Å². The molecule has 2 N–H and O–H groups in total. The predicted molar refractivity (Wildman–Crippen MR) is 67.1 cm³/mol. The molecular formula is C11H13NO5S. The van der Waals surface area contributed by atoms with Gasteiger partial charge in [0.05, 0.1) is 16.6 Å². The lowest BCUT2D eigenvalue weighted by atomic mass is 10.2. The highest BCUT2D eigenvalue weighted by atomic mass is 32.2. The Hall–Kier alpha value is -1.60. The summed E-state index contributed by atoms with van der Waals surface area (Å²) >= 11 is 0.989. The lowest BCUT2D eigenvalue weighted by molar-refractivity contribution is -0.387. The van der Waals surface area contributed by atoms with Gasteiger partial charge in [0.2, 0.25) is 0 Å². The topological polar surface area (TPSA) is 101 Å². The summed E-state index contributed by atoms with van der Waals surface area (Å²) in [5.41, 5.74) is -0.380. The number of aliphatic hydroxyl groups excluding tert-OH is 1. The summed E-state index contributed by atoms with van der Waals surface area (Å²) in [6, 6.07) is 3.90. The number of nitrogens with zero attached hydrogens (tertiary/aromatic N) is 1. The summed E-state index contributed by atoms with van der Waals surface area (Å²) in [5, 5.41) is 29.0. The number of nitro groups is 1. The van der Waals surface area contributed by atoms with Gasteiger partial charge >= 0.3 is 5.97 Å².